The third kappa shape index (κ3) is 3.37. The van der Waals surface area contributed by atoms with Crippen molar-refractivity contribution in [3.8, 4) is 11.7 Å². The SMILES string of the molecule is CC(NC(=O)c1ccc(Oc2ccccc2)o1)c1nnnn1C. The van der Waals surface area contributed by atoms with Gasteiger partial charge in [-0.15, -0.1) is 5.10 Å². The lowest BCUT2D eigenvalue weighted by atomic mass is 10.3. The van der Waals surface area contributed by atoms with E-state index in [1.54, 1.807) is 38.2 Å². The van der Waals surface area contributed by atoms with Crippen LogP contribution in [0.25, 0.3) is 0 Å². The number of amides is 1. The molecule has 23 heavy (non-hydrogen) atoms. The van der Waals surface area contributed by atoms with Gasteiger partial charge in [-0.05, 0) is 35.5 Å². The van der Waals surface area contributed by atoms with Crippen molar-refractivity contribution >= 4 is 5.91 Å². The van der Waals surface area contributed by atoms with Crippen LogP contribution in [0.4, 0.5) is 0 Å². The lowest BCUT2D eigenvalue weighted by Crippen LogP contribution is -2.28. The average molecular weight is 313 g/mol. The molecular weight excluding hydrogens is 298 g/mol. The Morgan fingerprint density at radius 2 is 2.04 bits per heavy atom. The Labute approximate surface area is 132 Å². The van der Waals surface area contributed by atoms with Crippen LogP contribution in [0.15, 0.2) is 46.9 Å². The first-order chi connectivity index (χ1) is 11.1. The summed E-state index contributed by atoms with van der Waals surface area (Å²) in [7, 11) is 1.71. The number of nitrogens with zero attached hydrogens (tertiary/aromatic N) is 4. The molecule has 8 nitrogen and oxygen atoms in total. The molecule has 0 bridgehead atoms. The summed E-state index contributed by atoms with van der Waals surface area (Å²) in [5.74, 6) is 1.20. The molecule has 0 spiro atoms. The number of carbonyl (C=O) groups excluding carboxylic acids is 1. The maximum absolute atomic E-state index is 12.2. The highest BCUT2D eigenvalue weighted by Gasteiger charge is 2.19. The summed E-state index contributed by atoms with van der Waals surface area (Å²) < 4.78 is 12.4. The number of rotatable bonds is 5. The van der Waals surface area contributed by atoms with Crippen molar-refractivity contribution in [2.45, 2.75) is 13.0 Å². The lowest BCUT2D eigenvalue weighted by molar-refractivity contribution is 0.0904. The topological polar surface area (TPSA) is 95.1 Å². The number of aryl methyl sites for hydroxylation is 1. The van der Waals surface area contributed by atoms with Crippen molar-refractivity contribution in [1.82, 2.24) is 25.5 Å². The van der Waals surface area contributed by atoms with Crippen molar-refractivity contribution < 1.29 is 13.9 Å². The lowest BCUT2D eigenvalue weighted by Gasteiger charge is -2.10. The number of ether oxygens (including phenoxy) is 1. The first-order valence-corrected chi connectivity index (χ1v) is 6.99. The third-order valence-electron chi connectivity index (χ3n) is 3.15. The number of aromatic nitrogens is 4. The van der Waals surface area contributed by atoms with E-state index in [-0.39, 0.29) is 23.7 Å². The molecule has 0 radical (unpaired) electrons. The van der Waals surface area contributed by atoms with Gasteiger partial charge in [-0.25, -0.2) is 4.68 Å². The zero-order valence-corrected chi connectivity index (χ0v) is 12.6. The highest BCUT2D eigenvalue weighted by Crippen LogP contribution is 2.23. The summed E-state index contributed by atoms with van der Waals surface area (Å²) in [6.45, 7) is 1.79. The van der Waals surface area contributed by atoms with Gasteiger partial charge in [0, 0.05) is 13.1 Å². The number of hydrogen-bond donors (Lipinski definition) is 1. The van der Waals surface area contributed by atoms with Crippen molar-refractivity contribution in [2.75, 3.05) is 0 Å². The van der Waals surface area contributed by atoms with E-state index in [0.29, 0.717) is 11.6 Å². The van der Waals surface area contributed by atoms with Crippen LogP contribution in [-0.4, -0.2) is 26.1 Å². The second-order valence-electron chi connectivity index (χ2n) is 4.89. The Morgan fingerprint density at radius 1 is 1.26 bits per heavy atom. The van der Waals surface area contributed by atoms with Crippen LogP contribution in [0.1, 0.15) is 29.3 Å². The van der Waals surface area contributed by atoms with Gasteiger partial charge in [-0.3, -0.25) is 4.79 Å². The minimum Gasteiger partial charge on any atom is -0.426 e. The molecule has 3 rings (SSSR count). The Morgan fingerprint density at radius 3 is 2.74 bits per heavy atom. The molecule has 2 aromatic heterocycles. The number of benzene rings is 1. The van der Waals surface area contributed by atoms with Gasteiger partial charge in [0.05, 0.1) is 6.04 Å². The first kappa shape index (κ1) is 14.8. The summed E-state index contributed by atoms with van der Waals surface area (Å²) in [4.78, 5) is 12.2. The monoisotopic (exact) mass is 313 g/mol. The van der Waals surface area contributed by atoms with Crippen LogP contribution >= 0.6 is 0 Å². The van der Waals surface area contributed by atoms with Gasteiger partial charge in [-0.1, -0.05) is 18.2 Å². The van der Waals surface area contributed by atoms with E-state index >= 15 is 0 Å². The molecule has 0 saturated heterocycles. The van der Waals surface area contributed by atoms with Gasteiger partial charge in [0.15, 0.2) is 11.6 Å². The highest BCUT2D eigenvalue weighted by molar-refractivity contribution is 5.91. The molecular formula is C15H15N5O3. The zero-order chi connectivity index (χ0) is 16.2. The van der Waals surface area contributed by atoms with Crippen LogP contribution < -0.4 is 10.1 Å². The molecule has 118 valence electrons. The predicted molar refractivity (Wildman–Crippen MR) is 79.9 cm³/mol. The van der Waals surface area contributed by atoms with Gasteiger partial charge in [-0.2, -0.15) is 0 Å². The zero-order valence-electron chi connectivity index (χ0n) is 12.6. The molecule has 0 saturated carbocycles. The molecule has 1 N–H and O–H groups in total. The molecule has 1 atom stereocenters. The van der Waals surface area contributed by atoms with E-state index in [4.69, 9.17) is 9.15 Å². The molecule has 1 amide bonds. The normalized spacial score (nSPS) is 11.9. The fraction of sp³-hybridized carbons (Fsp3) is 0.200. The fourth-order valence-electron chi connectivity index (χ4n) is 2.04. The molecule has 0 aliphatic rings. The third-order valence-corrected chi connectivity index (χ3v) is 3.15. The quantitative estimate of drug-likeness (QED) is 0.775. The minimum absolute atomic E-state index is 0.151. The standard InChI is InChI=1S/C15H15N5O3/c1-10(14-17-18-19-20(14)2)16-15(21)12-8-9-13(23-12)22-11-6-4-3-5-7-11/h3-10H,1-2H3,(H,16,21). The molecule has 8 heteroatoms. The summed E-state index contributed by atoms with van der Waals surface area (Å²) in [6, 6.07) is 12.0. The van der Waals surface area contributed by atoms with Crippen molar-refractivity contribution in [1.29, 1.82) is 0 Å². The van der Waals surface area contributed by atoms with E-state index in [9.17, 15) is 4.79 Å². The van der Waals surface area contributed by atoms with E-state index in [1.165, 1.54) is 4.68 Å². The number of hydrogen-bond acceptors (Lipinski definition) is 6. The minimum atomic E-state index is -0.372. The van der Waals surface area contributed by atoms with Crippen LogP contribution in [0.5, 0.6) is 11.7 Å². The van der Waals surface area contributed by atoms with Gasteiger partial charge in [0.1, 0.15) is 5.75 Å². The summed E-state index contributed by atoms with van der Waals surface area (Å²) in [5.41, 5.74) is 0. The van der Waals surface area contributed by atoms with Gasteiger partial charge in [0.2, 0.25) is 0 Å². The average Bonchev–Trinajstić information content (AvgIpc) is 3.17. The van der Waals surface area contributed by atoms with Crippen LogP contribution in [0, 0.1) is 0 Å². The van der Waals surface area contributed by atoms with E-state index < -0.39 is 0 Å². The number of furan rings is 1. The predicted octanol–water partition coefficient (Wildman–Crippen LogP) is 2.09. The van der Waals surface area contributed by atoms with Gasteiger partial charge < -0.3 is 14.5 Å². The Bertz CT molecular complexity index is 796. The maximum atomic E-state index is 12.2. The summed E-state index contributed by atoms with van der Waals surface area (Å²) in [5, 5.41) is 13.9. The Hall–Kier alpha value is -3.16. The molecule has 2 heterocycles. The number of nitrogens with one attached hydrogen (secondary N) is 1. The molecule has 0 aliphatic heterocycles. The first-order valence-electron chi connectivity index (χ1n) is 6.99. The van der Waals surface area contributed by atoms with Crippen LogP contribution in [0.3, 0.4) is 0 Å². The summed E-state index contributed by atoms with van der Waals surface area (Å²) in [6.07, 6.45) is 0. The Kier molecular flexibility index (Phi) is 4.05. The number of para-hydroxylation sites is 1. The fourth-order valence-corrected chi connectivity index (χ4v) is 2.04. The second kappa shape index (κ2) is 6.30. The van der Waals surface area contributed by atoms with Crippen molar-refractivity contribution in [3.63, 3.8) is 0 Å². The largest absolute Gasteiger partial charge is 0.426 e. The van der Waals surface area contributed by atoms with Crippen LogP contribution in [-0.2, 0) is 7.05 Å². The number of tetrazole rings is 1. The maximum Gasteiger partial charge on any atom is 0.290 e. The van der Waals surface area contributed by atoms with E-state index in [0.717, 1.165) is 0 Å². The molecule has 3 aromatic rings. The molecule has 1 unspecified atom stereocenters. The number of carbonyl (C=O) groups is 1. The second-order valence-corrected chi connectivity index (χ2v) is 4.89. The summed E-state index contributed by atoms with van der Waals surface area (Å²) >= 11 is 0. The van der Waals surface area contributed by atoms with E-state index in [2.05, 4.69) is 20.8 Å². The van der Waals surface area contributed by atoms with Gasteiger partial charge >= 0.3 is 0 Å². The van der Waals surface area contributed by atoms with Crippen molar-refractivity contribution in [3.05, 3.63) is 54.0 Å². The smallest absolute Gasteiger partial charge is 0.290 e. The molecule has 0 aliphatic carbocycles. The van der Waals surface area contributed by atoms with Gasteiger partial charge in [0.25, 0.3) is 11.9 Å². The van der Waals surface area contributed by atoms with Crippen molar-refractivity contribution in [2.24, 2.45) is 7.05 Å². The molecule has 1 aromatic carbocycles. The molecule has 0 fully saturated rings. The highest BCUT2D eigenvalue weighted by atomic mass is 16.6. The van der Waals surface area contributed by atoms with E-state index in [1.807, 2.05) is 18.2 Å². The Balaban J connectivity index is 1.65. The van der Waals surface area contributed by atoms with Crippen LogP contribution in [0.2, 0.25) is 0 Å².